The maximum Gasteiger partial charge on any atom is 0.323 e. The Balaban J connectivity index is 3.07. The van der Waals surface area contributed by atoms with E-state index in [1.165, 1.54) is 4.90 Å². The summed E-state index contributed by atoms with van der Waals surface area (Å²) in [4.78, 5) is 27.0. The average molecular weight is 628 g/mol. The fourth-order valence-electron chi connectivity index (χ4n) is 1.62. The Kier molecular flexibility index (Phi) is 8.13. The third-order valence-electron chi connectivity index (χ3n) is 2.65. The van der Waals surface area contributed by atoms with E-state index in [1.807, 2.05) is 25.1 Å². The predicted molar refractivity (Wildman–Crippen MR) is 107 cm³/mol. The molecule has 0 heterocycles. The van der Waals surface area contributed by atoms with Crippen LogP contribution in [0.5, 0.6) is 0 Å². The number of hydrogen-bond donors (Lipinski definition) is 1. The van der Waals surface area contributed by atoms with E-state index in [-0.39, 0.29) is 12.5 Å². The summed E-state index contributed by atoms with van der Waals surface area (Å²) in [6.45, 7) is 0.720. The number of carbonyl (C=O) groups excluding carboxylic acids is 1. The highest BCUT2D eigenvalue weighted by Gasteiger charge is 2.22. The predicted octanol–water partition coefficient (Wildman–Crippen LogP) is 2.59. The molecule has 0 spiro atoms. The van der Waals surface area contributed by atoms with Crippen molar-refractivity contribution in [3.63, 3.8) is 0 Å². The lowest BCUT2D eigenvalue weighted by Crippen LogP contribution is -2.40. The van der Waals surface area contributed by atoms with Crippen molar-refractivity contribution < 1.29 is 14.7 Å². The first-order chi connectivity index (χ1) is 9.72. The summed E-state index contributed by atoms with van der Waals surface area (Å²) in [5, 5.41) is 9.01. The van der Waals surface area contributed by atoms with Crippen molar-refractivity contribution in [3.8, 4) is 0 Å². The molecule has 116 valence electrons. The minimum absolute atomic E-state index is 0.236. The molecular formula is C13H15I3N2O3. The van der Waals surface area contributed by atoms with E-state index in [0.717, 1.165) is 10.7 Å². The number of amides is 1. The molecule has 5 nitrogen and oxygen atoms in total. The second-order valence-electron chi connectivity index (χ2n) is 4.67. The molecule has 0 radical (unpaired) electrons. The Morgan fingerprint density at radius 1 is 1.14 bits per heavy atom. The van der Waals surface area contributed by atoms with Crippen molar-refractivity contribution in [1.29, 1.82) is 0 Å². The molecule has 0 atom stereocenters. The number of halogens is 3. The highest BCUT2D eigenvalue weighted by molar-refractivity contribution is 14.1. The van der Waals surface area contributed by atoms with Gasteiger partial charge in [-0.3, -0.25) is 9.59 Å². The van der Waals surface area contributed by atoms with Gasteiger partial charge in [0.25, 0.3) is 5.91 Å². The monoisotopic (exact) mass is 628 g/mol. The molecule has 8 heteroatoms. The first-order valence-electron chi connectivity index (χ1n) is 6.02. The minimum atomic E-state index is -1.00. The number of hydrogen-bond acceptors (Lipinski definition) is 3. The summed E-state index contributed by atoms with van der Waals surface area (Å²) in [6.07, 6.45) is 0. The van der Waals surface area contributed by atoms with Crippen LogP contribution >= 0.6 is 67.8 Å². The standard InChI is InChI=1S/C13H15I3N2O3/c1-17(2)3-4-18(7-11(19)20)13(21)9-5-8(14)6-10(15)12(9)16/h5-6H,3-4,7H2,1-2H3,(H,19,20). The second-order valence-corrected chi connectivity index (χ2v) is 8.16. The molecule has 0 aromatic heterocycles. The summed E-state index contributed by atoms with van der Waals surface area (Å²) < 4.78 is 2.81. The lowest BCUT2D eigenvalue weighted by molar-refractivity contribution is -0.137. The van der Waals surface area contributed by atoms with E-state index in [2.05, 4.69) is 67.8 Å². The number of carboxylic acid groups (broad SMARTS) is 1. The average Bonchev–Trinajstić information content (AvgIpc) is 2.37. The number of carboxylic acids is 1. The van der Waals surface area contributed by atoms with E-state index < -0.39 is 5.97 Å². The lowest BCUT2D eigenvalue weighted by atomic mass is 10.2. The van der Waals surface area contributed by atoms with Crippen LogP contribution in [0.4, 0.5) is 0 Å². The number of carbonyl (C=O) groups is 2. The van der Waals surface area contributed by atoms with E-state index >= 15 is 0 Å². The van der Waals surface area contributed by atoms with Gasteiger partial charge in [0.05, 0.1) is 5.56 Å². The van der Waals surface area contributed by atoms with Gasteiger partial charge in [-0.2, -0.15) is 0 Å². The number of rotatable bonds is 6. The maximum absolute atomic E-state index is 12.7. The summed E-state index contributed by atoms with van der Waals surface area (Å²) in [6, 6.07) is 3.79. The van der Waals surface area contributed by atoms with Crippen LogP contribution in [0, 0.1) is 10.7 Å². The Labute approximate surface area is 164 Å². The number of nitrogens with zero attached hydrogens (tertiary/aromatic N) is 2. The van der Waals surface area contributed by atoms with Gasteiger partial charge in [-0.1, -0.05) is 0 Å². The van der Waals surface area contributed by atoms with Crippen LogP contribution in [-0.2, 0) is 4.79 Å². The number of aliphatic carboxylic acids is 1. The summed E-state index contributed by atoms with van der Waals surface area (Å²) in [7, 11) is 3.78. The molecule has 1 aromatic carbocycles. The summed E-state index contributed by atoms with van der Waals surface area (Å²) in [5.41, 5.74) is 0.562. The third kappa shape index (κ3) is 6.14. The molecule has 1 aromatic rings. The Morgan fingerprint density at radius 2 is 1.76 bits per heavy atom. The summed E-state index contributed by atoms with van der Waals surface area (Å²) >= 11 is 6.47. The smallest absolute Gasteiger partial charge is 0.323 e. The van der Waals surface area contributed by atoms with E-state index in [0.29, 0.717) is 18.7 Å². The third-order valence-corrected chi connectivity index (χ3v) is 6.32. The van der Waals surface area contributed by atoms with Crippen LogP contribution in [-0.4, -0.2) is 60.5 Å². The zero-order valence-electron chi connectivity index (χ0n) is 11.6. The molecule has 0 saturated carbocycles. The van der Waals surface area contributed by atoms with Gasteiger partial charge in [-0.25, -0.2) is 0 Å². The van der Waals surface area contributed by atoms with E-state index in [1.54, 1.807) is 6.07 Å². The Morgan fingerprint density at radius 3 is 2.29 bits per heavy atom. The second kappa shape index (κ2) is 8.82. The van der Waals surface area contributed by atoms with Crippen molar-refractivity contribution in [2.75, 3.05) is 33.7 Å². The van der Waals surface area contributed by atoms with Crippen molar-refractivity contribution in [1.82, 2.24) is 9.80 Å². The van der Waals surface area contributed by atoms with Crippen molar-refractivity contribution in [2.45, 2.75) is 0 Å². The minimum Gasteiger partial charge on any atom is -0.480 e. The molecule has 0 saturated heterocycles. The van der Waals surface area contributed by atoms with Gasteiger partial charge in [0.15, 0.2) is 0 Å². The van der Waals surface area contributed by atoms with Gasteiger partial charge >= 0.3 is 5.97 Å². The molecule has 0 fully saturated rings. The Bertz CT molecular complexity index is 550. The van der Waals surface area contributed by atoms with Gasteiger partial charge < -0.3 is 14.9 Å². The lowest BCUT2D eigenvalue weighted by Gasteiger charge is -2.23. The zero-order valence-corrected chi connectivity index (χ0v) is 18.0. The van der Waals surface area contributed by atoms with Crippen LogP contribution in [0.1, 0.15) is 10.4 Å². The van der Waals surface area contributed by atoms with Crippen molar-refractivity contribution >= 4 is 79.6 Å². The quantitative estimate of drug-likeness (QED) is 0.389. The van der Waals surface area contributed by atoms with Crippen LogP contribution in [0.2, 0.25) is 0 Å². The highest BCUT2D eigenvalue weighted by atomic mass is 127. The van der Waals surface area contributed by atoms with Crippen LogP contribution < -0.4 is 0 Å². The fourth-order valence-corrected chi connectivity index (χ4v) is 4.01. The topological polar surface area (TPSA) is 60.9 Å². The van der Waals surface area contributed by atoms with Gasteiger partial charge in [-0.05, 0) is 94.0 Å². The van der Waals surface area contributed by atoms with Gasteiger partial charge in [0.2, 0.25) is 0 Å². The molecule has 0 bridgehead atoms. The molecule has 0 aliphatic heterocycles. The van der Waals surface area contributed by atoms with Crippen LogP contribution in [0.15, 0.2) is 12.1 Å². The highest BCUT2D eigenvalue weighted by Crippen LogP contribution is 2.24. The fraction of sp³-hybridized carbons (Fsp3) is 0.385. The molecule has 1 amide bonds. The number of benzene rings is 1. The normalized spacial score (nSPS) is 10.8. The van der Waals surface area contributed by atoms with Gasteiger partial charge in [-0.15, -0.1) is 0 Å². The van der Waals surface area contributed by atoms with Crippen molar-refractivity contribution in [2.24, 2.45) is 0 Å². The summed E-state index contributed by atoms with van der Waals surface area (Å²) in [5.74, 6) is -1.24. The first kappa shape index (κ1) is 19.4. The number of likely N-dealkylation sites (N-methyl/N-ethyl adjacent to an activating group) is 1. The van der Waals surface area contributed by atoms with E-state index in [4.69, 9.17) is 5.11 Å². The first-order valence-corrected chi connectivity index (χ1v) is 9.26. The molecule has 0 unspecified atom stereocenters. The molecule has 0 aliphatic rings. The van der Waals surface area contributed by atoms with E-state index in [9.17, 15) is 9.59 Å². The van der Waals surface area contributed by atoms with Crippen LogP contribution in [0.25, 0.3) is 0 Å². The molecular weight excluding hydrogens is 613 g/mol. The van der Waals surface area contributed by atoms with Crippen molar-refractivity contribution in [3.05, 3.63) is 28.4 Å². The molecule has 21 heavy (non-hydrogen) atoms. The molecule has 1 rings (SSSR count). The van der Waals surface area contributed by atoms with Crippen LogP contribution in [0.3, 0.4) is 0 Å². The largest absolute Gasteiger partial charge is 0.480 e. The van der Waals surface area contributed by atoms with Gasteiger partial charge in [0.1, 0.15) is 6.54 Å². The van der Waals surface area contributed by atoms with Gasteiger partial charge in [0, 0.05) is 23.8 Å². The molecule has 1 N–H and O–H groups in total. The zero-order chi connectivity index (χ0) is 16.2. The Hall–Kier alpha value is 0.310. The molecule has 0 aliphatic carbocycles. The maximum atomic E-state index is 12.7. The SMILES string of the molecule is CN(C)CCN(CC(=O)O)C(=O)c1cc(I)cc(I)c1I.